The summed E-state index contributed by atoms with van der Waals surface area (Å²) < 4.78 is 4.81. The third-order valence-corrected chi connectivity index (χ3v) is 12.8. The molecule has 0 unspecified atom stereocenters. The molecule has 0 spiro atoms. The fourth-order valence-corrected chi connectivity index (χ4v) is 10.1. The molecule has 0 aliphatic rings. The van der Waals surface area contributed by atoms with Crippen molar-refractivity contribution in [3.8, 4) is 73.4 Å². The van der Waals surface area contributed by atoms with Crippen molar-refractivity contribution in [3.63, 3.8) is 0 Å². The van der Waals surface area contributed by atoms with Gasteiger partial charge in [-0.15, -0.1) is 11.3 Å². The number of para-hydroxylation sites is 2. The number of pyridine rings is 1. The quantitative estimate of drug-likeness (QED) is 0.161. The minimum atomic E-state index is 0.557. The Morgan fingerprint density at radius 1 is 0.355 bits per heavy atom. The van der Waals surface area contributed by atoms with Gasteiger partial charge in [-0.05, 0) is 59.2 Å². The Balaban J connectivity index is 1.18. The number of benzene rings is 8. The molecule has 0 aliphatic carbocycles. The third-order valence-electron chi connectivity index (χ3n) is 11.7. The van der Waals surface area contributed by atoms with Gasteiger partial charge < -0.3 is 4.57 Å². The second-order valence-corrected chi connectivity index (χ2v) is 16.5. The Morgan fingerprint density at radius 2 is 0.903 bits per heavy atom. The predicted molar refractivity (Wildman–Crippen MR) is 257 cm³/mol. The molecule has 0 atom stereocenters. The van der Waals surface area contributed by atoms with Crippen molar-refractivity contribution < 1.29 is 0 Å². The first kappa shape index (κ1) is 35.8. The summed E-state index contributed by atoms with van der Waals surface area (Å²) in [5.74, 6) is 1.76. The van der Waals surface area contributed by atoms with E-state index in [1.165, 1.54) is 36.5 Å². The zero-order valence-corrected chi connectivity index (χ0v) is 34.2. The topological polar surface area (TPSA) is 56.5 Å². The van der Waals surface area contributed by atoms with Gasteiger partial charge in [-0.1, -0.05) is 164 Å². The Bertz CT molecular complexity index is 3560. The van der Waals surface area contributed by atoms with Gasteiger partial charge in [0.15, 0.2) is 17.5 Å². The first-order valence-electron chi connectivity index (χ1n) is 20.7. The van der Waals surface area contributed by atoms with Gasteiger partial charge in [0, 0.05) is 70.6 Å². The molecule has 12 rings (SSSR count). The average molecular weight is 810 g/mol. The van der Waals surface area contributed by atoms with Crippen LogP contribution in [0.2, 0.25) is 0 Å². The number of rotatable bonds is 7. The fourth-order valence-electron chi connectivity index (χ4n) is 8.95. The standard InChI is InChI=1S/C56H35N5S/c1-5-18-36(19-6-1)41-26-13-14-27-42(41)39-34-45(56-59-54(37-20-7-2-8-21-37)58-55(60-56)38-22-9-3-10-23-38)53(57-35-39)44-29-17-31-48-51(44)52-49(62-48)33-32-47-50(52)43-28-15-16-30-46(43)61(47)40-24-11-4-12-25-40/h1-35H. The van der Waals surface area contributed by atoms with E-state index in [1.54, 1.807) is 0 Å². The highest BCUT2D eigenvalue weighted by Gasteiger charge is 2.24. The lowest BCUT2D eigenvalue weighted by atomic mass is 9.92. The van der Waals surface area contributed by atoms with Gasteiger partial charge in [0.05, 0.1) is 16.7 Å². The Hall–Kier alpha value is -8.06. The molecule has 12 aromatic rings. The van der Waals surface area contributed by atoms with E-state index >= 15 is 0 Å². The molecule has 5 nitrogen and oxygen atoms in total. The predicted octanol–water partition coefficient (Wildman–Crippen LogP) is 14.7. The highest BCUT2D eigenvalue weighted by atomic mass is 32.1. The Kier molecular flexibility index (Phi) is 8.61. The van der Waals surface area contributed by atoms with Crippen LogP contribution in [0, 0.1) is 0 Å². The van der Waals surface area contributed by atoms with Gasteiger partial charge in [-0.25, -0.2) is 15.0 Å². The highest BCUT2D eigenvalue weighted by Crippen LogP contribution is 2.48. The van der Waals surface area contributed by atoms with Crippen molar-refractivity contribution in [2.45, 2.75) is 0 Å². The summed E-state index contributed by atoms with van der Waals surface area (Å²) in [6.07, 6.45) is 2.02. The Morgan fingerprint density at radius 3 is 1.60 bits per heavy atom. The third kappa shape index (κ3) is 5.99. The lowest BCUT2D eigenvalue weighted by Crippen LogP contribution is -2.02. The van der Waals surface area contributed by atoms with Crippen LogP contribution in [-0.2, 0) is 0 Å². The van der Waals surface area contributed by atoms with Crippen LogP contribution in [0.3, 0.4) is 0 Å². The van der Waals surface area contributed by atoms with Crippen LogP contribution < -0.4 is 0 Å². The van der Waals surface area contributed by atoms with E-state index in [-0.39, 0.29) is 0 Å². The van der Waals surface area contributed by atoms with E-state index in [1.807, 2.05) is 53.9 Å². The molecule has 0 N–H and O–H groups in total. The van der Waals surface area contributed by atoms with E-state index in [9.17, 15) is 0 Å². The van der Waals surface area contributed by atoms with Crippen LogP contribution in [0.25, 0.3) is 115 Å². The summed E-state index contributed by atoms with van der Waals surface area (Å²) in [5, 5.41) is 4.83. The maximum absolute atomic E-state index is 5.47. The number of fused-ring (bicyclic) bond motifs is 7. The van der Waals surface area contributed by atoms with Crippen molar-refractivity contribution in [3.05, 3.63) is 212 Å². The normalized spacial score (nSPS) is 11.5. The minimum Gasteiger partial charge on any atom is -0.309 e. The highest BCUT2D eigenvalue weighted by molar-refractivity contribution is 7.26. The smallest absolute Gasteiger partial charge is 0.166 e. The Labute approximate surface area is 361 Å². The number of hydrogen-bond acceptors (Lipinski definition) is 5. The number of nitrogens with zero attached hydrogens (tertiary/aromatic N) is 5. The van der Waals surface area contributed by atoms with E-state index in [0.29, 0.717) is 17.5 Å². The molecule has 0 fully saturated rings. The van der Waals surface area contributed by atoms with Crippen LogP contribution >= 0.6 is 11.3 Å². The van der Waals surface area contributed by atoms with Crippen molar-refractivity contribution >= 4 is 53.3 Å². The molecule has 4 heterocycles. The lowest BCUT2D eigenvalue weighted by molar-refractivity contribution is 1.07. The van der Waals surface area contributed by atoms with Crippen molar-refractivity contribution in [1.82, 2.24) is 24.5 Å². The monoisotopic (exact) mass is 809 g/mol. The molecule has 290 valence electrons. The number of hydrogen-bond donors (Lipinski definition) is 0. The van der Waals surface area contributed by atoms with Gasteiger partial charge in [0.1, 0.15) is 0 Å². The van der Waals surface area contributed by atoms with Gasteiger partial charge >= 0.3 is 0 Å². The van der Waals surface area contributed by atoms with Gasteiger partial charge in [0.25, 0.3) is 0 Å². The number of thiophene rings is 1. The molecule has 62 heavy (non-hydrogen) atoms. The molecule has 0 saturated carbocycles. The maximum Gasteiger partial charge on any atom is 0.166 e. The minimum absolute atomic E-state index is 0.557. The molecular formula is C56H35N5S. The van der Waals surface area contributed by atoms with E-state index in [2.05, 4.69) is 174 Å². The fraction of sp³-hybridized carbons (Fsp3) is 0. The summed E-state index contributed by atoms with van der Waals surface area (Å²) in [5.41, 5.74) is 12.3. The average Bonchev–Trinajstić information content (AvgIpc) is 3.91. The summed E-state index contributed by atoms with van der Waals surface area (Å²) in [7, 11) is 0. The zero-order chi connectivity index (χ0) is 41.0. The van der Waals surface area contributed by atoms with Gasteiger partial charge in [0.2, 0.25) is 0 Å². The summed E-state index contributed by atoms with van der Waals surface area (Å²) in [6, 6.07) is 72.2. The van der Waals surface area contributed by atoms with E-state index in [4.69, 9.17) is 19.9 Å². The summed E-state index contributed by atoms with van der Waals surface area (Å²) in [4.78, 5) is 21.1. The van der Waals surface area contributed by atoms with E-state index in [0.717, 1.165) is 61.4 Å². The largest absolute Gasteiger partial charge is 0.309 e. The van der Waals surface area contributed by atoms with Crippen LogP contribution in [0.5, 0.6) is 0 Å². The molecule has 0 saturated heterocycles. The summed E-state index contributed by atoms with van der Waals surface area (Å²) in [6.45, 7) is 0. The van der Waals surface area contributed by atoms with Crippen LogP contribution in [0.15, 0.2) is 212 Å². The first-order valence-corrected chi connectivity index (χ1v) is 21.5. The maximum atomic E-state index is 5.47. The van der Waals surface area contributed by atoms with Crippen LogP contribution in [0.1, 0.15) is 0 Å². The molecule has 0 radical (unpaired) electrons. The SMILES string of the molecule is c1ccc(-c2nc(-c3ccccc3)nc(-c3cc(-c4ccccc4-c4ccccc4)cnc3-c3cccc4sc5ccc6c(c7ccccc7n6-c6ccccc6)c5c34)n2)cc1. The molecule has 4 aromatic heterocycles. The number of aromatic nitrogens is 5. The lowest BCUT2D eigenvalue weighted by Gasteiger charge is -2.16. The molecule has 6 heteroatoms. The molecular weight excluding hydrogens is 775 g/mol. The zero-order valence-electron chi connectivity index (χ0n) is 33.4. The second kappa shape index (κ2) is 14.9. The first-order chi connectivity index (χ1) is 30.8. The van der Waals surface area contributed by atoms with Gasteiger partial charge in [-0.3, -0.25) is 4.98 Å². The van der Waals surface area contributed by atoms with Crippen LogP contribution in [-0.4, -0.2) is 24.5 Å². The summed E-state index contributed by atoms with van der Waals surface area (Å²) >= 11 is 1.82. The molecule has 0 amide bonds. The van der Waals surface area contributed by atoms with E-state index < -0.39 is 0 Å². The van der Waals surface area contributed by atoms with Gasteiger partial charge in [-0.2, -0.15) is 0 Å². The second-order valence-electron chi connectivity index (χ2n) is 15.4. The van der Waals surface area contributed by atoms with Crippen LogP contribution in [0.4, 0.5) is 0 Å². The molecule has 8 aromatic carbocycles. The van der Waals surface area contributed by atoms with Crippen molar-refractivity contribution in [2.75, 3.05) is 0 Å². The molecule has 0 bridgehead atoms. The molecule has 0 aliphatic heterocycles. The van der Waals surface area contributed by atoms with Crippen molar-refractivity contribution in [1.29, 1.82) is 0 Å². The van der Waals surface area contributed by atoms with Crippen molar-refractivity contribution in [2.24, 2.45) is 0 Å².